The zero-order valence-electron chi connectivity index (χ0n) is 19.1. The van der Waals surface area contributed by atoms with Crippen molar-refractivity contribution in [3.63, 3.8) is 0 Å². The first-order chi connectivity index (χ1) is 16.1. The molecule has 0 saturated carbocycles. The standard InChI is InChI=1S/C26H28N6O/c1-30(2)21-10-14-31(15-11-21)26(33)22-16-24(20-6-4-3-5-7-20)29-25-23(22)17-28-32(25)18-19-8-12-27-13-9-19/h3-9,12-13,16-17,21H,10-11,14-15,18H2,1-2H3. The normalized spacial score (nSPS) is 14.8. The third-order valence-electron chi connectivity index (χ3n) is 6.47. The third kappa shape index (κ3) is 4.36. The van der Waals surface area contributed by atoms with Gasteiger partial charge in [-0.2, -0.15) is 5.10 Å². The van der Waals surface area contributed by atoms with E-state index in [1.807, 2.05) is 58.1 Å². The van der Waals surface area contributed by atoms with Gasteiger partial charge in [-0.05, 0) is 50.7 Å². The largest absolute Gasteiger partial charge is 0.339 e. The molecule has 7 nitrogen and oxygen atoms in total. The highest BCUT2D eigenvalue weighted by Gasteiger charge is 2.27. The molecule has 1 saturated heterocycles. The van der Waals surface area contributed by atoms with Crippen LogP contribution in [-0.2, 0) is 6.54 Å². The molecule has 3 aromatic heterocycles. The molecule has 168 valence electrons. The number of rotatable bonds is 5. The predicted molar refractivity (Wildman–Crippen MR) is 129 cm³/mol. The van der Waals surface area contributed by atoms with E-state index in [1.165, 1.54) is 0 Å². The Morgan fingerprint density at radius 1 is 1.06 bits per heavy atom. The monoisotopic (exact) mass is 440 g/mol. The lowest BCUT2D eigenvalue weighted by Gasteiger charge is -2.35. The van der Waals surface area contributed by atoms with E-state index in [9.17, 15) is 4.79 Å². The summed E-state index contributed by atoms with van der Waals surface area (Å²) in [5, 5.41) is 5.40. The lowest BCUT2D eigenvalue weighted by atomic mass is 10.0. The summed E-state index contributed by atoms with van der Waals surface area (Å²) in [7, 11) is 4.22. The molecule has 0 spiro atoms. The van der Waals surface area contributed by atoms with E-state index in [0.717, 1.165) is 53.8 Å². The van der Waals surface area contributed by atoms with E-state index in [4.69, 9.17) is 4.98 Å². The van der Waals surface area contributed by atoms with Crippen LogP contribution in [0.5, 0.6) is 0 Å². The SMILES string of the molecule is CN(C)C1CCN(C(=O)c2cc(-c3ccccc3)nc3c2cnn3Cc2ccncc2)CC1. The van der Waals surface area contributed by atoms with Crippen LogP contribution in [0.1, 0.15) is 28.8 Å². The number of benzene rings is 1. The summed E-state index contributed by atoms with van der Waals surface area (Å²) in [6, 6.07) is 16.4. The minimum atomic E-state index is 0.0558. The van der Waals surface area contributed by atoms with Crippen molar-refractivity contribution in [2.75, 3.05) is 27.2 Å². The van der Waals surface area contributed by atoms with Crippen LogP contribution in [0, 0.1) is 0 Å². The summed E-state index contributed by atoms with van der Waals surface area (Å²) < 4.78 is 1.87. The number of piperidine rings is 1. The van der Waals surface area contributed by atoms with Gasteiger partial charge in [-0.3, -0.25) is 9.78 Å². The van der Waals surface area contributed by atoms with Gasteiger partial charge in [0, 0.05) is 37.1 Å². The molecule has 0 unspecified atom stereocenters. The van der Waals surface area contributed by atoms with Gasteiger partial charge in [0.15, 0.2) is 5.65 Å². The van der Waals surface area contributed by atoms with Crippen molar-refractivity contribution in [1.29, 1.82) is 0 Å². The molecule has 33 heavy (non-hydrogen) atoms. The number of likely N-dealkylation sites (tertiary alicyclic amines) is 1. The van der Waals surface area contributed by atoms with Crippen molar-refractivity contribution in [1.82, 2.24) is 29.5 Å². The molecule has 0 bridgehead atoms. The number of nitrogens with zero attached hydrogens (tertiary/aromatic N) is 6. The highest BCUT2D eigenvalue weighted by molar-refractivity contribution is 6.06. The predicted octanol–water partition coefficient (Wildman–Crippen LogP) is 3.71. The second-order valence-corrected chi connectivity index (χ2v) is 8.80. The molecule has 4 heterocycles. The molecule has 4 aromatic rings. The van der Waals surface area contributed by atoms with Gasteiger partial charge in [0.05, 0.1) is 29.4 Å². The van der Waals surface area contributed by atoms with E-state index in [2.05, 4.69) is 29.1 Å². The Bertz CT molecular complexity index is 1240. The Morgan fingerprint density at radius 3 is 2.48 bits per heavy atom. The summed E-state index contributed by atoms with van der Waals surface area (Å²) in [5.74, 6) is 0.0558. The molecule has 0 N–H and O–H groups in total. The number of fused-ring (bicyclic) bond motifs is 1. The lowest BCUT2D eigenvalue weighted by Crippen LogP contribution is -2.44. The molecule has 0 aliphatic carbocycles. The van der Waals surface area contributed by atoms with Crippen molar-refractivity contribution < 1.29 is 4.79 Å². The van der Waals surface area contributed by atoms with Crippen molar-refractivity contribution in [2.45, 2.75) is 25.4 Å². The van der Waals surface area contributed by atoms with Gasteiger partial charge in [-0.15, -0.1) is 0 Å². The van der Waals surface area contributed by atoms with Crippen LogP contribution < -0.4 is 0 Å². The van der Waals surface area contributed by atoms with Crippen LogP contribution in [0.2, 0.25) is 0 Å². The molecular formula is C26H28N6O. The Morgan fingerprint density at radius 2 is 1.79 bits per heavy atom. The number of amides is 1. The fraction of sp³-hybridized carbons (Fsp3) is 0.308. The van der Waals surface area contributed by atoms with Gasteiger partial charge in [-0.25, -0.2) is 9.67 Å². The zero-order chi connectivity index (χ0) is 22.8. The van der Waals surface area contributed by atoms with E-state index in [-0.39, 0.29) is 5.91 Å². The topological polar surface area (TPSA) is 67.2 Å². The maximum atomic E-state index is 13.7. The number of pyridine rings is 2. The highest BCUT2D eigenvalue weighted by atomic mass is 16.2. The fourth-order valence-electron chi connectivity index (χ4n) is 4.51. The van der Waals surface area contributed by atoms with Crippen molar-refractivity contribution in [3.8, 4) is 11.3 Å². The number of aromatic nitrogens is 4. The number of carbonyl (C=O) groups excluding carboxylic acids is 1. The number of carbonyl (C=O) groups is 1. The zero-order valence-corrected chi connectivity index (χ0v) is 19.1. The van der Waals surface area contributed by atoms with Crippen LogP contribution in [0.4, 0.5) is 0 Å². The molecule has 1 amide bonds. The maximum absolute atomic E-state index is 13.7. The molecule has 1 fully saturated rings. The average Bonchev–Trinajstić information content (AvgIpc) is 3.27. The third-order valence-corrected chi connectivity index (χ3v) is 6.47. The van der Waals surface area contributed by atoms with Crippen LogP contribution in [-0.4, -0.2) is 68.7 Å². The fourth-order valence-corrected chi connectivity index (χ4v) is 4.51. The molecule has 1 aliphatic heterocycles. The van der Waals surface area contributed by atoms with Crippen molar-refractivity contribution >= 4 is 16.9 Å². The summed E-state index contributed by atoms with van der Waals surface area (Å²) >= 11 is 0. The van der Waals surface area contributed by atoms with Crippen LogP contribution in [0.3, 0.4) is 0 Å². The maximum Gasteiger partial charge on any atom is 0.254 e. The van der Waals surface area contributed by atoms with Crippen LogP contribution >= 0.6 is 0 Å². The first-order valence-corrected chi connectivity index (χ1v) is 11.4. The van der Waals surface area contributed by atoms with Gasteiger partial charge in [-0.1, -0.05) is 30.3 Å². The smallest absolute Gasteiger partial charge is 0.254 e. The van der Waals surface area contributed by atoms with Gasteiger partial charge < -0.3 is 9.80 Å². The second kappa shape index (κ2) is 9.11. The summed E-state index contributed by atoms with van der Waals surface area (Å²) in [5.41, 5.74) is 4.24. The quantitative estimate of drug-likeness (QED) is 0.473. The first kappa shape index (κ1) is 21.3. The summed E-state index contributed by atoms with van der Waals surface area (Å²) in [6.45, 7) is 2.09. The van der Waals surface area contributed by atoms with Crippen LogP contribution in [0.15, 0.2) is 67.1 Å². The minimum Gasteiger partial charge on any atom is -0.339 e. The molecule has 0 radical (unpaired) electrons. The van der Waals surface area contributed by atoms with Crippen molar-refractivity contribution in [2.24, 2.45) is 0 Å². The molecular weight excluding hydrogens is 412 g/mol. The molecule has 0 atom stereocenters. The van der Waals surface area contributed by atoms with E-state index >= 15 is 0 Å². The highest BCUT2D eigenvalue weighted by Crippen LogP contribution is 2.27. The minimum absolute atomic E-state index is 0.0558. The molecule has 1 aliphatic rings. The van der Waals surface area contributed by atoms with E-state index in [0.29, 0.717) is 18.2 Å². The first-order valence-electron chi connectivity index (χ1n) is 11.4. The van der Waals surface area contributed by atoms with Gasteiger partial charge in [0.2, 0.25) is 0 Å². The van der Waals surface area contributed by atoms with Crippen molar-refractivity contribution in [3.05, 3.63) is 78.2 Å². The lowest BCUT2D eigenvalue weighted by molar-refractivity contribution is 0.0665. The number of hydrogen-bond donors (Lipinski definition) is 0. The Hall–Kier alpha value is -3.58. The Balaban J connectivity index is 1.55. The molecule has 1 aromatic carbocycles. The molecule has 5 rings (SSSR count). The molecule has 7 heteroatoms. The van der Waals surface area contributed by atoms with E-state index in [1.54, 1.807) is 18.6 Å². The summed E-state index contributed by atoms with van der Waals surface area (Å²) in [6.07, 6.45) is 7.30. The Kier molecular flexibility index (Phi) is 5.88. The second-order valence-electron chi connectivity index (χ2n) is 8.80. The summed E-state index contributed by atoms with van der Waals surface area (Å²) in [4.78, 5) is 26.9. The van der Waals surface area contributed by atoms with Crippen LogP contribution in [0.25, 0.3) is 22.3 Å². The number of hydrogen-bond acceptors (Lipinski definition) is 5. The van der Waals surface area contributed by atoms with E-state index < -0.39 is 0 Å². The average molecular weight is 441 g/mol. The van der Waals surface area contributed by atoms with Gasteiger partial charge in [0.1, 0.15) is 0 Å². The van der Waals surface area contributed by atoms with Gasteiger partial charge in [0.25, 0.3) is 5.91 Å². The Labute approximate surface area is 193 Å². The van der Waals surface area contributed by atoms with Gasteiger partial charge >= 0.3 is 0 Å².